The number of pyridine rings is 1. The summed E-state index contributed by atoms with van der Waals surface area (Å²) in [5.74, 6) is -1.51. The molecular formula is C14H12F2N2O2. The molecule has 0 unspecified atom stereocenters. The van der Waals surface area contributed by atoms with Crippen LogP contribution in [0.5, 0.6) is 0 Å². The minimum absolute atomic E-state index is 0.0998. The van der Waals surface area contributed by atoms with Crippen molar-refractivity contribution in [3.05, 3.63) is 53.7 Å². The fraction of sp³-hybridized carbons (Fsp3) is 0.143. The summed E-state index contributed by atoms with van der Waals surface area (Å²) in [5, 5.41) is 2.69. The van der Waals surface area contributed by atoms with E-state index in [0.29, 0.717) is 11.4 Å². The van der Waals surface area contributed by atoms with E-state index >= 15 is 0 Å². The van der Waals surface area contributed by atoms with Crippen molar-refractivity contribution in [2.75, 3.05) is 11.9 Å². The molecule has 0 spiro atoms. The van der Waals surface area contributed by atoms with E-state index in [0.717, 1.165) is 12.1 Å². The SMILES string of the molecule is CCOC(=O)c1ccc(Nc2ccc(F)cc2F)nc1. The maximum absolute atomic E-state index is 13.4. The lowest BCUT2D eigenvalue weighted by Gasteiger charge is -2.07. The van der Waals surface area contributed by atoms with Gasteiger partial charge in [-0.15, -0.1) is 0 Å². The molecule has 6 heteroatoms. The zero-order chi connectivity index (χ0) is 14.5. The summed E-state index contributed by atoms with van der Waals surface area (Å²) in [4.78, 5) is 15.4. The second kappa shape index (κ2) is 6.10. The first-order valence-electron chi connectivity index (χ1n) is 5.95. The Morgan fingerprint density at radius 2 is 2.10 bits per heavy atom. The molecule has 2 rings (SSSR count). The summed E-state index contributed by atoms with van der Waals surface area (Å²) < 4.78 is 31.0. The largest absolute Gasteiger partial charge is 0.462 e. The van der Waals surface area contributed by atoms with Gasteiger partial charge >= 0.3 is 5.97 Å². The van der Waals surface area contributed by atoms with Crippen LogP contribution < -0.4 is 5.32 Å². The maximum atomic E-state index is 13.4. The number of carbonyl (C=O) groups is 1. The third-order valence-corrected chi connectivity index (χ3v) is 2.47. The van der Waals surface area contributed by atoms with E-state index < -0.39 is 17.6 Å². The summed E-state index contributed by atoms with van der Waals surface area (Å²) in [7, 11) is 0. The van der Waals surface area contributed by atoms with Crippen molar-refractivity contribution >= 4 is 17.5 Å². The third-order valence-electron chi connectivity index (χ3n) is 2.47. The van der Waals surface area contributed by atoms with Gasteiger partial charge in [0.2, 0.25) is 0 Å². The van der Waals surface area contributed by atoms with Gasteiger partial charge in [0, 0.05) is 12.3 Å². The standard InChI is InChI=1S/C14H12F2N2O2/c1-2-20-14(19)9-3-6-13(17-8-9)18-12-5-4-10(15)7-11(12)16/h3-8H,2H2,1H3,(H,17,18). The van der Waals surface area contributed by atoms with Crippen LogP contribution in [0.1, 0.15) is 17.3 Å². The van der Waals surface area contributed by atoms with Crippen LogP contribution in [-0.4, -0.2) is 17.6 Å². The smallest absolute Gasteiger partial charge is 0.339 e. The monoisotopic (exact) mass is 278 g/mol. The van der Waals surface area contributed by atoms with Crippen molar-refractivity contribution in [1.82, 2.24) is 4.98 Å². The number of hydrogen-bond acceptors (Lipinski definition) is 4. The summed E-state index contributed by atoms with van der Waals surface area (Å²) in [6.07, 6.45) is 1.32. The Hall–Kier alpha value is -2.50. The van der Waals surface area contributed by atoms with Crippen LogP contribution in [0, 0.1) is 11.6 Å². The van der Waals surface area contributed by atoms with Crippen molar-refractivity contribution in [3.8, 4) is 0 Å². The number of rotatable bonds is 4. The Morgan fingerprint density at radius 1 is 1.30 bits per heavy atom. The second-order valence-electron chi connectivity index (χ2n) is 3.90. The number of anilines is 2. The molecule has 0 saturated heterocycles. The van der Waals surface area contributed by atoms with Gasteiger partial charge < -0.3 is 10.1 Å². The van der Waals surface area contributed by atoms with Gasteiger partial charge in [-0.3, -0.25) is 0 Å². The fourth-order valence-electron chi connectivity index (χ4n) is 1.53. The topological polar surface area (TPSA) is 51.2 Å². The average molecular weight is 278 g/mol. The van der Waals surface area contributed by atoms with E-state index in [4.69, 9.17) is 4.74 Å². The molecule has 0 aliphatic rings. The third kappa shape index (κ3) is 3.28. The average Bonchev–Trinajstić information content (AvgIpc) is 2.43. The van der Waals surface area contributed by atoms with Gasteiger partial charge in [0.1, 0.15) is 17.5 Å². The number of hydrogen-bond donors (Lipinski definition) is 1. The normalized spacial score (nSPS) is 10.2. The predicted octanol–water partition coefficient (Wildman–Crippen LogP) is 3.28. The van der Waals surface area contributed by atoms with Crippen LogP contribution in [0.15, 0.2) is 36.5 Å². The highest BCUT2D eigenvalue weighted by molar-refractivity contribution is 5.89. The first kappa shape index (κ1) is 13.9. The maximum Gasteiger partial charge on any atom is 0.339 e. The molecule has 1 N–H and O–H groups in total. The molecule has 0 fully saturated rings. The Labute approximate surface area is 114 Å². The molecule has 0 saturated carbocycles. The molecule has 2 aromatic rings. The van der Waals surface area contributed by atoms with E-state index in [1.165, 1.54) is 24.4 Å². The predicted molar refractivity (Wildman–Crippen MR) is 69.8 cm³/mol. The minimum atomic E-state index is -0.721. The highest BCUT2D eigenvalue weighted by Gasteiger charge is 2.08. The Morgan fingerprint density at radius 3 is 2.70 bits per heavy atom. The number of ether oxygens (including phenoxy) is 1. The molecule has 104 valence electrons. The van der Waals surface area contributed by atoms with Crippen molar-refractivity contribution in [1.29, 1.82) is 0 Å². The molecule has 0 bridgehead atoms. The van der Waals surface area contributed by atoms with E-state index in [-0.39, 0.29) is 12.3 Å². The van der Waals surface area contributed by atoms with Gasteiger partial charge in [0.15, 0.2) is 0 Å². The summed E-state index contributed by atoms with van der Waals surface area (Å²) in [6.45, 7) is 1.98. The molecule has 0 atom stereocenters. The summed E-state index contributed by atoms with van der Waals surface area (Å²) in [6, 6.07) is 6.20. The molecule has 20 heavy (non-hydrogen) atoms. The van der Waals surface area contributed by atoms with Crippen LogP contribution in [0.2, 0.25) is 0 Å². The first-order valence-corrected chi connectivity index (χ1v) is 5.95. The Bertz CT molecular complexity index is 615. The number of esters is 1. The molecule has 0 radical (unpaired) electrons. The Balaban J connectivity index is 2.12. The van der Waals surface area contributed by atoms with Gasteiger partial charge in [0.05, 0.1) is 17.9 Å². The first-order chi connectivity index (χ1) is 9.60. The van der Waals surface area contributed by atoms with Crippen LogP contribution in [0.4, 0.5) is 20.3 Å². The fourth-order valence-corrected chi connectivity index (χ4v) is 1.53. The molecule has 0 amide bonds. The molecular weight excluding hydrogens is 266 g/mol. The highest BCUT2D eigenvalue weighted by atomic mass is 19.1. The summed E-state index contributed by atoms with van der Waals surface area (Å²) >= 11 is 0. The molecule has 0 aliphatic heterocycles. The van der Waals surface area contributed by atoms with E-state index in [1.54, 1.807) is 6.92 Å². The quantitative estimate of drug-likeness (QED) is 0.872. The lowest BCUT2D eigenvalue weighted by atomic mass is 10.2. The number of aromatic nitrogens is 1. The van der Waals surface area contributed by atoms with E-state index in [9.17, 15) is 13.6 Å². The van der Waals surface area contributed by atoms with E-state index in [2.05, 4.69) is 10.3 Å². The van der Waals surface area contributed by atoms with Crippen molar-refractivity contribution in [3.63, 3.8) is 0 Å². The Kier molecular flexibility index (Phi) is 4.24. The molecule has 1 aromatic heterocycles. The van der Waals surface area contributed by atoms with Crippen LogP contribution in [-0.2, 0) is 4.74 Å². The minimum Gasteiger partial charge on any atom is -0.462 e. The van der Waals surface area contributed by atoms with Crippen LogP contribution >= 0.6 is 0 Å². The zero-order valence-electron chi connectivity index (χ0n) is 10.7. The van der Waals surface area contributed by atoms with Gasteiger partial charge in [-0.05, 0) is 31.2 Å². The molecule has 1 heterocycles. The lowest BCUT2D eigenvalue weighted by Crippen LogP contribution is -2.05. The number of benzene rings is 1. The van der Waals surface area contributed by atoms with Crippen LogP contribution in [0.3, 0.4) is 0 Å². The second-order valence-corrected chi connectivity index (χ2v) is 3.90. The van der Waals surface area contributed by atoms with E-state index in [1.807, 2.05) is 0 Å². The summed E-state index contributed by atoms with van der Waals surface area (Å²) in [5.41, 5.74) is 0.403. The molecule has 1 aromatic carbocycles. The van der Waals surface area contributed by atoms with Gasteiger partial charge in [-0.1, -0.05) is 0 Å². The number of nitrogens with zero attached hydrogens (tertiary/aromatic N) is 1. The zero-order valence-corrected chi connectivity index (χ0v) is 10.7. The number of nitrogens with one attached hydrogen (secondary N) is 1. The molecule has 0 aliphatic carbocycles. The highest BCUT2D eigenvalue weighted by Crippen LogP contribution is 2.19. The van der Waals surface area contributed by atoms with Gasteiger partial charge in [0.25, 0.3) is 0 Å². The number of carbonyl (C=O) groups excluding carboxylic acids is 1. The lowest BCUT2D eigenvalue weighted by molar-refractivity contribution is 0.0526. The number of halogens is 2. The van der Waals surface area contributed by atoms with Crippen molar-refractivity contribution in [2.45, 2.75) is 6.92 Å². The van der Waals surface area contributed by atoms with Gasteiger partial charge in [-0.2, -0.15) is 0 Å². The van der Waals surface area contributed by atoms with Crippen LogP contribution in [0.25, 0.3) is 0 Å². The molecule has 4 nitrogen and oxygen atoms in total. The van der Waals surface area contributed by atoms with Gasteiger partial charge in [-0.25, -0.2) is 18.6 Å². The van der Waals surface area contributed by atoms with Crippen molar-refractivity contribution in [2.24, 2.45) is 0 Å². The van der Waals surface area contributed by atoms with Crippen molar-refractivity contribution < 1.29 is 18.3 Å².